The third-order valence-corrected chi connectivity index (χ3v) is 6.23. The van der Waals surface area contributed by atoms with Crippen LogP contribution in [-0.4, -0.2) is 59.4 Å². The van der Waals surface area contributed by atoms with Gasteiger partial charge in [0.05, 0.1) is 18.5 Å². The number of amides is 2. The maximum atomic E-state index is 12.6. The smallest absolute Gasteiger partial charge is 0.234 e. The number of imide groups is 1. The summed E-state index contributed by atoms with van der Waals surface area (Å²) in [5.41, 5.74) is 2.65. The Morgan fingerprint density at radius 2 is 1.54 bits per heavy atom. The van der Waals surface area contributed by atoms with Crippen LogP contribution in [0.3, 0.4) is 0 Å². The predicted molar refractivity (Wildman–Crippen MR) is 100 cm³/mol. The largest absolute Gasteiger partial charge is 0.297 e. The quantitative estimate of drug-likeness (QED) is 0.777. The van der Waals surface area contributed by atoms with Crippen LogP contribution in [0.4, 0.5) is 0 Å². The van der Waals surface area contributed by atoms with Crippen molar-refractivity contribution in [2.24, 2.45) is 11.8 Å². The standard InChI is InChI=1S/C21H29N3O2/c1-16-5-4-6-17(13-16)14-22-9-11-23(12-10-22)15-24-20(25)18-7-2-3-8-19(18)21(24)26/h4-6,13,18-19H,2-3,7-12,14-15H2,1H3/t18-,19-/m1/s1. The van der Waals surface area contributed by atoms with E-state index in [2.05, 4.69) is 41.0 Å². The number of piperazine rings is 1. The molecule has 2 amide bonds. The number of fused-ring (bicyclic) bond motifs is 1. The summed E-state index contributed by atoms with van der Waals surface area (Å²) in [7, 11) is 0. The lowest BCUT2D eigenvalue weighted by Crippen LogP contribution is -2.51. The van der Waals surface area contributed by atoms with Crippen LogP contribution in [0, 0.1) is 18.8 Å². The van der Waals surface area contributed by atoms with E-state index in [1.807, 2.05) is 0 Å². The average Bonchev–Trinajstić information content (AvgIpc) is 2.89. The lowest BCUT2D eigenvalue weighted by atomic mass is 9.81. The summed E-state index contributed by atoms with van der Waals surface area (Å²) < 4.78 is 0. The Morgan fingerprint density at radius 3 is 2.15 bits per heavy atom. The molecule has 0 radical (unpaired) electrons. The number of hydrogen-bond acceptors (Lipinski definition) is 4. The van der Waals surface area contributed by atoms with Gasteiger partial charge in [-0.25, -0.2) is 0 Å². The molecule has 4 rings (SSSR count). The maximum absolute atomic E-state index is 12.6. The van der Waals surface area contributed by atoms with Gasteiger partial charge in [0, 0.05) is 32.7 Å². The highest BCUT2D eigenvalue weighted by molar-refractivity contribution is 6.05. The minimum atomic E-state index is -0.0288. The Bertz CT molecular complexity index is 658. The first-order chi connectivity index (χ1) is 12.6. The van der Waals surface area contributed by atoms with Crippen LogP contribution < -0.4 is 0 Å². The SMILES string of the molecule is Cc1cccc(CN2CCN(CN3C(=O)[C@@H]4CCCC[C@H]4C3=O)CC2)c1. The van der Waals surface area contributed by atoms with Crippen LogP contribution in [0.1, 0.15) is 36.8 Å². The second-order valence-corrected chi connectivity index (χ2v) is 8.13. The van der Waals surface area contributed by atoms with Crippen molar-refractivity contribution >= 4 is 11.8 Å². The lowest BCUT2D eigenvalue weighted by molar-refractivity contribution is -0.142. The van der Waals surface area contributed by atoms with Gasteiger partial charge in [-0.3, -0.25) is 24.3 Å². The van der Waals surface area contributed by atoms with Crippen molar-refractivity contribution in [2.45, 2.75) is 39.2 Å². The number of nitrogens with zero attached hydrogens (tertiary/aromatic N) is 3. The van der Waals surface area contributed by atoms with Gasteiger partial charge in [0.1, 0.15) is 0 Å². The van der Waals surface area contributed by atoms with E-state index in [0.29, 0.717) is 6.67 Å². The second-order valence-electron chi connectivity index (χ2n) is 8.13. The van der Waals surface area contributed by atoms with E-state index in [0.717, 1.165) is 58.4 Å². The Kier molecular flexibility index (Phi) is 5.09. The van der Waals surface area contributed by atoms with Crippen molar-refractivity contribution in [2.75, 3.05) is 32.8 Å². The number of rotatable bonds is 4. The molecule has 0 aromatic heterocycles. The van der Waals surface area contributed by atoms with Gasteiger partial charge in [-0.15, -0.1) is 0 Å². The van der Waals surface area contributed by atoms with E-state index >= 15 is 0 Å². The van der Waals surface area contributed by atoms with E-state index < -0.39 is 0 Å². The van der Waals surface area contributed by atoms with Crippen molar-refractivity contribution in [1.82, 2.24) is 14.7 Å². The minimum absolute atomic E-state index is 0.0288. The fraction of sp³-hybridized carbons (Fsp3) is 0.619. The number of aryl methyl sites for hydroxylation is 1. The van der Waals surface area contributed by atoms with E-state index in [1.165, 1.54) is 11.1 Å². The number of hydrogen-bond donors (Lipinski definition) is 0. The number of likely N-dealkylation sites (tertiary alicyclic amines) is 1. The van der Waals surface area contributed by atoms with Crippen LogP contribution in [0.15, 0.2) is 24.3 Å². The summed E-state index contributed by atoms with van der Waals surface area (Å²) >= 11 is 0. The van der Waals surface area contributed by atoms with Gasteiger partial charge in [0.15, 0.2) is 0 Å². The zero-order valence-corrected chi connectivity index (χ0v) is 15.7. The zero-order valence-electron chi connectivity index (χ0n) is 15.7. The van der Waals surface area contributed by atoms with Gasteiger partial charge in [0.2, 0.25) is 11.8 Å². The molecule has 3 fully saturated rings. The monoisotopic (exact) mass is 355 g/mol. The highest BCUT2D eigenvalue weighted by atomic mass is 16.2. The van der Waals surface area contributed by atoms with Crippen LogP contribution in [0.25, 0.3) is 0 Å². The summed E-state index contributed by atoms with van der Waals surface area (Å²) in [5.74, 6) is 0.112. The molecule has 0 unspecified atom stereocenters. The molecule has 2 saturated heterocycles. The zero-order chi connectivity index (χ0) is 18.1. The van der Waals surface area contributed by atoms with Crippen molar-refractivity contribution < 1.29 is 9.59 Å². The molecule has 5 heteroatoms. The first kappa shape index (κ1) is 17.7. The first-order valence-corrected chi connectivity index (χ1v) is 9.97. The van der Waals surface area contributed by atoms with Crippen LogP contribution >= 0.6 is 0 Å². The number of benzene rings is 1. The van der Waals surface area contributed by atoms with Gasteiger partial charge in [-0.1, -0.05) is 42.7 Å². The minimum Gasteiger partial charge on any atom is -0.297 e. The third kappa shape index (κ3) is 3.55. The van der Waals surface area contributed by atoms with Crippen LogP contribution in [-0.2, 0) is 16.1 Å². The molecule has 1 aromatic rings. The van der Waals surface area contributed by atoms with Gasteiger partial charge < -0.3 is 0 Å². The van der Waals surface area contributed by atoms with Crippen molar-refractivity contribution in [3.05, 3.63) is 35.4 Å². The molecule has 2 atom stereocenters. The molecule has 140 valence electrons. The first-order valence-electron chi connectivity index (χ1n) is 9.97. The van der Waals surface area contributed by atoms with Crippen LogP contribution in [0.2, 0.25) is 0 Å². The third-order valence-electron chi connectivity index (χ3n) is 6.23. The molecule has 2 aliphatic heterocycles. The van der Waals surface area contributed by atoms with Gasteiger partial charge in [-0.2, -0.15) is 0 Å². The summed E-state index contributed by atoms with van der Waals surface area (Å²) in [6.07, 6.45) is 3.98. The Labute approximate surface area is 155 Å². The molecule has 1 saturated carbocycles. The molecule has 5 nitrogen and oxygen atoms in total. The molecule has 0 spiro atoms. The Morgan fingerprint density at radius 1 is 0.923 bits per heavy atom. The molecular weight excluding hydrogens is 326 g/mol. The van der Waals surface area contributed by atoms with Gasteiger partial charge in [-0.05, 0) is 25.3 Å². The van der Waals surface area contributed by atoms with Crippen molar-refractivity contribution in [3.8, 4) is 0 Å². The molecule has 0 N–H and O–H groups in total. The van der Waals surface area contributed by atoms with E-state index in [-0.39, 0.29) is 23.7 Å². The van der Waals surface area contributed by atoms with E-state index in [1.54, 1.807) is 4.90 Å². The summed E-state index contributed by atoms with van der Waals surface area (Å²) in [6, 6.07) is 8.67. The van der Waals surface area contributed by atoms with Crippen LogP contribution in [0.5, 0.6) is 0 Å². The Balaban J connectivity index is 1.30. The Hall–Kier alpha value is -1.72. The molecule has 2 heterocycles. The number of carbonyl (C=O) groups excluding carboxylic acids is 2. The van der Waals surface area contributed by atoms with E-state index in [4.69, 9.17) is 0 Å². The summed E-state index contributed by atoms with van der Waals surface area (Å²) in [5, 5.41) is 0. The lowest BCUT2D eigenvalue weighted by Gasteiger charge is -2.36. The normalized spacial score (nSPS) is 27.8. The maximum Gasteiger partial charge on any atom is 0.234 e. The van der Waals surface area contributed by atoms with Crippen molar-refractivity contribution in [3.63, 3.8) is 0 Å². The topological polar surface area (TPSA) is 43.9 Å². The fourth-order valence-corrected chi connectivity index (χ4v) is 4.73. The molecule has 3 aliphatic rings. The van der Waals surface area contributed by atoms with E-state index in [9.17, 15) is 9.59 Å². The van der Waals surface area contributed by atoms with Gasteiger partial charge >= 0.3 is 0 Å². The molecule has 0 bridgehead atoms. The van der Waals surface area contributed by atoms with Gasteiger partial charge in [0.25, 0.3) is 0 Å². The number of carbonyl (C=O) groups is 2. The average molecular weight is 355 g/mol. The highest BCUT2D eigenvalue weighted by Gasteiger charge is 2.48. The predicted octanol–water partition coefficient (Wildman–Crippen LogP) is 2.25. The summed E-state index contributed by atoms with van der Waals surface area (Å²) in [4.78, 5) is 31.5. The molecule has 26 heavy (non-hydrogen) atoms. The molecule has 1 aromatic carbocycles. The molecular formula is C21H29N3O2. The van der Waals surface area contributed by atoms with Crippen molar-refractivity contribution in [1.29, 1.82) is 0 Å². The fourth-order valence-electron chi connectivity index (χ4n) is 4.73. The second kappa shape index (κ2) is 7.49. The highest BCUT2D eigenvalue weighted by Crippen LogP contribution is 2.38. The molecule has 1 aliphatic carbocycles. The summed E-state index contributed by atoms with van der Waals surface area (Å²) in [6.45, 7) is 7.39.